The van der Waals surface area contributed by atoms with Crippen molar-refractivity contribution in [3.8, 4) is 0 Å². The van der Waals surface area contributed by atoms with Crippen LogP contribution in [0, 0.1) is 5.82 Å². The van der Waals surface area contributed by atoms with E-state index in [1.54, 1.807) is 0 Å². The third-order valence-corrected chi connectivity index (χ3v) is 6.45. The fourth-order valence-corrected chi connectivity index (χ4v) is 5.23. The highest BCUT2D eigenvalue weighted by Crippen LogP contribution is 2.47. The quantitative estimate of drug-likeness (QED) is 0.760. The highest BCUT2D eigenvalue weighted by Gasteiger charge is 2.54. The first kappa shape index (κ1) is 19.0. The molecule has 2 aliphatic rings. The molecular weight excluding hydrogens is 351 g/mol. The zero-order valence-corrected chi connectivity index (χ0v) is 16.8. The van der Waals surface area contributed by atoms with Crippen molar-refractivity contribution in [2.75, 3.05) is 18.0 Å². The Labute approximate surface area is 167 Å². The number of likely N-dealkylation sites (tertiary alicyclic amines) is 1. The van der Waals surface area contributed by atoms with Crippen molar-refractivity contribution < 1.29 is 9.18 Å². The van der Waals surface area contributed by atoms with E-state index in [-0.39, 0.29) is 22.8 Å². The molecule has 2 aromatic rings. The molecule has 0 N–H and O–H groups in total. The van der Waals surface area contributed by atoms with Crippen molar-refractivity contribution in [2.45, 2.75) is 57.0 Å². The van der Waals surface area contributed by atoms with Gasteiger partial charge in [0.25, 0.3) is 0 Å². The fraction of sp³-hybridized carbons (Fsp3) is 0.458. The van der Waals surface area contributed by atoms with Gasteiger partial charge in [-0.25, -0.2) is 4.39 Å². The number of benzene rings is 2. The zero-order chi connectivity index (χ0) is 19.8. The van der Waals surface area contributed by atoms with Crippen LogP contribution in [0.2, 0.25) is 0 Å². The molecule has 148 valence electrons. The lowest BCUT2D eigenvalue weighted by Crippen LogP contribution is -2.49. The second-order valence-electron chi connectivity index (χ2n) is 8.91. The van der Waals surface area contributed by atoms with Crippen LogP contribution in [0.15, 0.2) is 54.6 Å². The number of hydrogen-bond acceptors (Lipinski definition) is 2. The van der Waals surface area contributed by atoms with Crippen molar-refractivity contribution in [3.63, 3.8) is 0 Å². The summed E-state index contributed by atoms with van der Waals surface area (Å²) in [5.74, 6) is 0.0483. The highest BCUT2D eigenvalue weighted by atomic mass is 19.1. The molecule has 0 radical (unpaired) electrons. The van der Waals surface area contributed by atoms with Gasteiger partial charge in [0.1, 0.15) is 5.82 Å². The van der Waals surface area contributed by atoms with E-state index in [9.17, 15) is 9.18 Å². The number of aryl methyl sites for hydroxylation is 1. The standard InChI is InChI=1S/C24H29FN2O/c1-23(2)17-24(18-27(23)21-12-10-20(25)11-13-21)15-6-16-26(24)22(28)14-9-19-7-4-3-5-8-19/h3-5,7-8,10-13H,6,9,14-18H2,1-2H3. The van der Waals surface area contributed by atoms with Crippen molar-refractivity contribution in [2.24, 2.45) is 0 Å². The molecule has 0 saturated carbocycles. The van der Waals surface area contributed by atoms with Gasteiger partial charge in [0.15, 0.2) is 0 Å². The Kier molecular flexibility index (Phi) is 4.90. The predicted octanol–water partition coefficient (Wildman–Crippen LogP) is 4.81. The average Bonchev–Trinajstić information content (AvgIpc) is 3.20. The molecule has 0 aromatic heterocycles. The van der Waals surface area contributed by atoms with Crippen LogP contribution in [0.5, 0.6) is 0 Å². The van der Waals surface area contributed by atoms with Crippen LogP contribution in [-0.2, 0) is 11.2 Å². The van der Waals surface area contributed by atoms with Gasteiger partial charge in [-0.2, -0.15) is 0 Å². The molecule has 1 amide bonds. The molecular formula is C24H29FN2O. The van der Waals surface area contributed by atoms with Crippen molar-refractivity contribution >= 4 is 11.6 Å². The molecule has 2 saturated heterocycles. The van der Waals surface area contributed by atoms with Crippen LogP contribution < -0.4 is 4.90 Å². The van der Waals surface area contributed by atoms with E-state index < -0.39 is 0 Å². The second-order valence-corrected chi connectivity index (χ2v) is 8.91. The molecule has 0 aliphatic carbocycles. The summed E-state index contributed by atoms with van der Waals surface area (Å²) in [4.78, 5) is 17.6. The van der Waals surface area contributed by atoms with Crippen LogP contribution in [-0.4, -0.2) is 35.0 Å². The van der Waals surface area contributed by atoms with E-state index in [1.807, 2.05) is 30.3 Å². The minimum atomic E-state index is -0.214. The Balaban J connectivity index is 1.51. The van der Waals surface area contributed by atoms with E-state index in [0.29, 0.717) is 6.42 Å². The van der Waals surface area contributed by atoms with E-state index in [1.165, 1.54) is 17.7 Å². The molecule has 1 atom stereocenters. The molecule has 1 spiro atoms. The number of halogens is 1. The molecule has 1 unspecified atom stereocenters. The van der Waals surface area contributed by atoms with Crippen LogP contribution >= 0.6 is 0 Å². The van der Waals surface area contributed by atoms with Gasteiger partial charge >= 0.3 is 0 Å². The lowest BCUT2D eigenvalue weighted by molar-refractivity contribution is -0.134. The van der Waals surface area contributed by atoms with Crippen LogP contribution in [0.3, 0.4) is 0 Å². The fourth-order valence-electron chi connectivity index (χ4n) is 5.23. The zero-order valence-electron chi connectivity index (χ0n) is 16.8. The Bertz CT molecular complexity index is 833. The third kappa shape index (κ3) is 3.52. The van der Waals surface area contributed by atoms with E-state index in [0.717, 1.165) is 44.5 Å². The largest absolute Gasteiger partial charge is 0.364 e. The Hall–Kier alpha value is -2.36. The minimum absolute atomic E-state index is 0.0693. The second kappa shape index (κ2) is 7.23. The number of carbonyl (C=O) groups excluding carboxylic acids is 1. The van der Waals surface area contributed by atoms with Gasteiger partial charge in [-0.15, -0.1) is 0 Å². The molecule has 3 nitrogen and oxygen atoms in total. The number of rotatable bonds is 4. The van der Waals surface area contributed by atoms with Gasteiger partial charge in [0, 0.05) is 30.7 Å². The smallest absolute Gasteiger partial charge is 0.223 e. The summed E-state index contributed by atoms with van der Waals surface area (Å²) >= 11 is 0. The SMILES string of the molecule is CC1(C)CC2(CCCN2C(=O)CCc2ccccc2)CN1c1ccc(F)cc1. The van der Waals surface area contributed by atoms with Gasteiger partial charge in [0.05, 0.1) is 5.54 Å². The summed E-state index contributed by atoms with van der Waals surface area (Å²) in [5, 5.41) is 0. The molecule has 28 heavy (non-hydrogen) atoms. The summed E-state index contributed by atoms with van der Waals surface area (Å²) in [7, 11) is 0. The maximum atomic E-state index is 13.4. The first-order valence-corrected chi connectivity index (χ1v) is 10.3. The van der Waals surface area contributed by atoms with Gasteiger partial charge < -0.3 is 9.80 Å². The van der Waals surface area contributed by atoms with Crippen LogP contribution in [0.1, 0.15) is 45.1 Å². The Morgan fingerprint density at radius 2 is 1.79 bits per heavy atom. The number of carbonyl (C=O) groups is 1. The lowest BCUT2D eigenvalue weighted by atomic mass is 9.87. The van der Waals surface area contributed by atoms with E-state index >= 15 is 0 Å². The van der Waals surface area contributed by atoms with E-state index in [2.05, 4.69) is 35.8 Å². The summed E-state index contributed by atoms with van der Waals surface area (Å²) in [5.41, 5.74) is 2.07. The number of hydrogen-bond donors (Lipinski definition) is 0. The average molecular weight is 381 g/mol. The molecule has 2 aromatic carbocycles. The van der Waals surface area contributed by atoms with Crippen molar-refractivity contribution in [1.82, 2.24) is 4.90 Å². The van der Waals surface area contributed by atoms with E-state index in [4.69, 9.17) is 0 Å². The molecule has 2 aliphatic heterocycles. The molecule has 0 bridgehead atoms. The monoisotopic (exact) mass is 380 g/mol. The molecule has 4 heteroatoms. The van der Waals surface area contributed by atoms with Crippen molar-refractivity contribution in [1.29, 1.82) is 0 Å². The predicted molar refractivity (Wildman–Crippen MR) is 111 cm³/mol. The minimum Gasteiger partial charge on any atom is -0.364 e. The third-order valence-electron chi connectivity index (χ3n) is 6.45. The first-order chi connectivity index (χ1) is 13.4. The normalized spacial score (nSPS) is 23.5. The number of anilines is 1. The Morgan fingerprint density at radius 3 is 2.50 bits per heavy atom. The molecule has 2 fully saturated rings. The maximum absolute atomic E-state index is 13.4. The maximum Gasteiger partial charge on any atom is 0.223 e. The summed E-state index contributed by atoms with van der Waals surface area (Å²) in [6.07, 6.45) is 4.41. The van der Waals surface area contributed by atoms with Gasteiger partial charge in [-0.3, -0.25) is 4.79 Å². The summed E-state index contributed by atoms with van der Waals surface area (Å²) < 4.78 is 13.4. The lowest BCUT2D eigenvalue weighted by Gasteiger charge is -2.35. The summed E-state index contributed by atoms with van der Waals surface area (Å²) in [6.45, 7) is 6.13. The summed E-state index contributed by atoms with van der Waals surface area (Å²) in [6, 6.07) is 17.0. The van der Waals surface area contributed by atoms with Crippen molar-refractivity contribution in [3.05, 3.63) is 66.0 Å². The number of amides is 1. The topological polar surface area (TPSA) is 23.6 Å². The molecule has 2 heterocycles. The highest BCUT2D eigenvalue weighted by molar-refractivity contribution is 5.78. The first-order valence-electron chi connectivity index (χ1n) is 10.3. The Morgan fingerprint density at radius 1 is 1.07 bits per heavy atom. The van der Waals surface area contributed by atoms with Gasteiger partial charge in [-0.05, 0) is 69.4 Å². The van der Waals surface area contributed by atoms with Gasteiger partial charge in [0.2, 0.25) is 5.91 Å². The van der Waals surface area contributed by atoms with Crippen LogP contribution in [0.25, 0.3) is 0 Å². The molecule has 4 rings (SSSR count). The number of nitrogens with zero attached hydrogens (tertiary/aromatic N) is 2. The van der Waals surface area contributed by atoms with Crippen LogP contribution in [0.4, 0.5) is 10.1 Å². The van der Waals surface area contributed by atoms with Gasteiger partial charge in [-0.1, -0.05) is 30.3 Å².